The lowest BCUT2D eigenvalue weighted by Gasteiger charge is -2.22. The number of aromatic nitrogens is 2. The molecule has 5 heteroatoms. The van der Waals surface area contributed by atoms with Gasteiger partial charge >= 0.3 is 0 Å². The number of benzene rings is 2. The molecule has 0 saturated carbocycles. The molecule has 4 rings (SSSR count). The minimum absolute atomic E-state index is 0.0315. The third kappa shape index (κ3) is 3.84. The van der Waals surface area contributed by atoms with Gasteiger partial charge in [0.2, 0.25) is 11.7 Å². The molecule has 0 bridgehead atoms. The molecule has 0 N–H and O–H groups in total. The van der Waals surface area contributed by atoms with Crippen molar-refractivity contribution in [3.8, 4) is 11.4 Å². The first-order valence-corrected chi connectivity index (χ1v) is 10.0. The second kappa shape index (κ2) is 8.38. The number of likely N-dealkylation sites (tertiary alicyclic amines) is 1. The van der Waals surface area contributed by atoms with Crippen molar-refractivity contribution in [2.24, 2.45) is 0 Å². The van der Waals surface area contributed by atoms with E-state index < -0.39 is 0 Å². The zero-order valence-electron chi connectivity index (χ0n) is 16.2. The Balaban J connectivity index is 1.50. The van der Waals surface area contributed by atoms with E-state index in [2.05, 4.69) is 29.2 Å². The average Bonchev–Trinajstić information content (AvgIpc) is 3.42. The summed E-state index contributed by atoms with van der Waals surface area (Å²) in [5, 5.41) is 4.11. The second-order valence-corrected chi connectivity index (χ2v) is 7.28. The van der Waals surface area contributed by atoms with Crippen molar-refractivity contribution in [2.75, 3.05) is 6.54 Å². The van der Waals surface area contributed by atoms with Crippen LogP contribution >= 0.6 is 0 Å². The average molecular weight is 375 g/mol. The molecule has 1 saturated heterocycles. The molecular formula is C23H25N3O2. The number of unbranched alkanes of at least 4 members (excludes halogenated alkanes) is 1. The Kier molecular flexibility index (Phi) is 5.51. The Hall–Kier alpha value is -2.95. The van der Waals surface area contributed by atoms with Crippen LogP contribution in [0.1, 0.15) is 60.5 Å². The largest absolute Gasteiger partial charge is 0.337 e. The number of hydrogen-bond acceptors (Lipinski definition) is 4. The molecule has 1 amide bonds. The monoisotopic (exact) mass is 375 g/mol. The van der Waals surface area contributed by atoms with E-state index in [1.54, 1.807) is 0 Å². The maximum atomic E-state index is 13.1. The third-order valence-electron chi connectivity index (χ3n) is 5.29. The number of hydrogen-bond donors (Lipinski definition) is 0. The van der Waals surface area contributed by atoms with Gasteiger partial charge in [0.1, 0.15) is 6.04 Å². The van der Waals surface area contributed by atoms with Crippen LogP contribution in [0.3, 0.4) is 0 Å². The summed E-state index contributed by atoms with van der Waals surface area (Å²) in [6, 6.07) is 17.6. The van der Waals surface area contributed by atoms with E-state index in [9.17, 15) is 4.79 Å². The molecule has 2 heterocycles. The molecule has 1 aliphatic heterocycles. The second-order valence-electron chi connectivity index (χ2n) is 7.28. The van der Waals surface area contributed by atoms with Gasteiger partial charge in [0, 0.05) is 17.7 Å². The summed E-state index contributed by atoms with van der Waals surface area (Å²) in [7, 11) is 0. The van der Waals surface area contributed by atoms with Crippen LogP contribution in [0.2, 0.25) is 0 Å². The van der Waals surface area contributed by atoms with Gasteiger partial charge < -0.3 is 9.42 Å². The summed E-state index contributed by atoms with van der Waals surface area (Å²) in [5.74, 6) is 1.11. The molecule has 5 nitrogen and oxygen atoms in total. The van der Waals surface area contributed by atoms with Crippen LogP contribution in [0, 0.1) is 0 Å². The lowest BCUT2D eigenvalue weighted by molar-refractivity contribution is 0.0710. The van der Waals surface area contributed by atoms with Gasteiger partial charge in [0.25, 0.3) is 5.91 Å². The maximum absolute atomic E-state index is 13.1. The highest BCUT2D eigenvalue weighted by molar-refractivity contribution is 5.94. The maximum Gasteiger partial charge on any atom is 0.254 e. The standard InChI is InChI=1S/C23H25N3O2/c1-2-3-8-17-12-14-19(15-13-17)23(27)26-16-7-11-20(26)22-24-21(25-28-22)18-9-5-4-6-10-18/h4-6,9-10,12-15,20H,2-3,7-8,11,16H2,1H3. The molecule has 1 atom stereocenters. The van der Waals surface area contributed by atoms with Crippen molar-refractivity contribution < 1.29 is 9.32 Å². The molecule has 2 aromatic carbocycles. The molecule has 0 spiro atoms. The van der Waals surface area contributed by atoms with Crippen molar-refractivity contribution >= 4 is 5.91 Å². The van der Waals surface area contributed by atoms with E-state index in [4.69, 9.17) is 4.52 Å². The normalized spacial score (nSPS) is 16.5. The van der Waals surface area contributed by atoms with Crippen molar-refractivity contribution in [1.29, 1.82) is 0 Å². The predicted octanol–water partition coefficient (Wildman–Crippen LogP) is 5.06. The van der Waals surface area contributed by atoms with Crippen LogP contribution in [0.5, 0.6) is 0 Å². The third-order valence-corrected chi connectivity index (χ3v) is 5.29. The molecule has 1 aliphatic rings. The van der Waals surface area contributed by atoms with Gasteiger partial charge in [-0.15, -0.1) is 0 Å². The van der Waals surface area contributed by atoms with E-state index in [-0.39, 0.29) is 11.9 Å². The number of rotatable bonds is 6. The van der Waals surface area contributed by atoms with Crippen LogP contribution in [0.4, 0.5) is 0 Å². The lowest BCUT2D eigenvalue weighted by atomic mass is 10.1. The summed E-state index contributed by atoms with van der Waals surface area (Å²) in [6.07, 6.45) is 5.18. The fourth-order valence-electron chi connectivity index (χ4n) is 3.70. The summed E-state index contributed by atoms with van der Waals surface area (Å²) >= 11 is 0. The lowest BCUT2D eigenvalue weighted by Crippen LogP contribution is -2.30. The van der Waals surface area contributed by atoms with Crippen molar-refractivity contribution in [3.63, 3.8) is 0 Å². The van der Waals surface area contributed by atoms with Crippen molar-refractivity contribution in [3.05, 3.63) is 71.6 Å². The first-order chi connectivity index (χ1) is 13.8. The number of carbonyl (C=O) groups excluding carboxylic acids is 1. The summed E-state index contributed by atoms with van der Waals surface area (Å²) in [6.45, 7) is 2.90. The van der Waals surface area contributed by atoms with E-state index in [1.807, 2.05) is 47.4 Å². The number of carbonyl (C=O) groups is 1. The fourth-order valence-corrected chi connectivity index (χ4v) is 3.70. The van der Waals surface area contributed by atoms with Crippen LogP contribution in [0.25, 0.3) is 11.4 Å². The minimum atomic E-state index is -0.155. The first kappa shape index (κ1) is 18.4. The van der Waals surface area contributed by atoms with Gasteiger partial charge in [-0.05, 0) is 43.4 Å². The fraction of sp³-hybridized carbons (Fsp3) is 0.348. The molecule has 1 fully saturated rings. The van der Waals surface area contributed by atoms with Gasteiger partial charge in [0.05, 0.1) is 0 Å². The number of aryl methyl sites for hydroxylation is 1. The Morgan fingerprint density at radius 3 is 2.68 bits per heavy atom. The molecule has 28 heavy (non-hydrogen) atoms. The Morgan fingerprint density at radius 2 is 1.93 bits per heavy atom. The summed E-state index contributed by atoms with van der Waals surface area (Å²) in [5.41, 5.74) is 2.91. The molecule has 1 unspecified atom stereocenters. The van der Waals surface area contributed by atoms with Gasteiger partial charge in [-0.2, -0.15) is 4.98 Å². The van der Waals surface area contributed by atoms with E-state index >= 15 is 0 Å². The summed E-state index contributed by atoms with van der Waals surface area (Å²) < 4.78 is 5.53. The first-order valence-electron chi connectivity index (χ1n) is 10.0. The highest BCUT2D eigenvalue weighted by Gasteiger charge is 2.34. The van der Waals surface area contributed by atoms with E-state index in [0.717, 1.165) is 30.4 Å². The zero-order chi connectivity index (χ0) is 19.3. The Labute approximate surface area is 165 Å². The highest BCUT2D eigenvalue weighted by atomic mass is 16.5. The van der Waals surface area contributed by atoms with Gasteiger partial charge in [-0.3, -0.25) is 4.79 Å². The molecule has 0 aliphatic carbocycles. The Bertz CT molecular complexity index is 919. The summed E-state index contributed by atoms with van der Waals surface area (Å²) in [4.78, 5) is 19.5. The van der Waals surface area contributed by atoms with Crippen LogP contribution in [-0.4, -0.2) is 27.5 Å². The van der Waals surface area contributed by atoms with Crippen LogP contribution < -0.4 is 0 Å². The molecule has 1 aromatic heterocycles. The van der Waals surface area contributed by atoms with Crippen molar-refractivity contribution in [1.82, 2.24) is 15.0 Å². The van der Waals surface area contributed by atoms with Gasteiger partial charge in [-0.25, -0.2) is 0 Å². The van der Waals surface area contributed by atoms with Gasteiger partial charge in [0.15, 0.2) is 0 Å². The Morgan fingerprint density at radius 1 is 1.14 bits per heavy atom. The van der Waals surface area contributed by atoms with E-state index in [1.165, 1.54) is 18.4 Å². The van der Waals surface area contributed by atoms with Gasteiger partial charge in [-0.1, -0.05) is 61.0 Å². The molecular weight excluding hydrogens is 350 g/mol. The number of nitrogens with zero attached hydrogens (tertiary/aromatic N) is 3. The molecule has 0 radical (unpaired) electrons. The highest BCUT2D eigenvalue weighted by Crippen LogP contribution is 2.33. The SMILES string of the molecule is CCCCc1ccc(C(=O)N2CCCC2c2nc(-c3ccccc3)no2)cc1. The predicted molar refractivity (Wildman–Crippen MR) is 108 cm³/mol. The quantitative estimate of drug-likeness (QED) is 0.604. The van der Waals surface area contributed by atoms with E-state index in [0.29, 0.717) is 18.3 Å². The van der Waals surface area contributed by atoms with Crippen molar-refractivity contribution in [2.45, 2.75) is 45.1 Å². The zero-order valence-corrected chi connectivity index (χ0v) is 16.2. The number of amides is 1. The topological polar surface area (TPSA) is 59.2 Å². The molecule has 144 valence electrons. The minimum Gasteiger partial charge on any atom is -0.337 e. The van der Waals surface area contributed by atoms with Crippen LogP contribution in [0.15, 0.2) is 59.1 Å². The van der Waals surface area contributed by atoms with Crippen LogP contribution in [-0.2, 0) is 6.42 Å². The molecule has 3 aromatic rings. The smallest absolute Gasteiger partial charge is 0.254 e.